The van der Waals surface area contributed by atoms with Gasteiger partial charge in [0.15, 0.2) is 5.78 Å². The van der Waals surface area contributed by atoms with E-state index in [0.717, 1.165) is 25.3 Å². The van der Waals surface area contributed by atoms with Crippen LogP contribution >= 0.6 is 0 Å². The van der Waals surface area contributed by atoms with E-state index in [-0.39, 0.29) is 5.78 Å². The molecule has 0 aliphatic carbocycles. The van der Waals surface area contributed by atoms with Gasteiger partial charge in [-0.3, -0.25) is 4.79 Å². The lowest BCUT2D eigenvalue weighted by Crippen LogP contribution is -2.28. The smallest absolute Gasteiger partial charge is 0.159 e. The van der Waals surface area contributed by atoms with E-state index in [1.54, 1.807) is 0 Å². The summed E-state index contributed by atoms with van der Waals surface area (Å²) < 4.78 is 0. The maximum Gasteiger partial charge on any atom is 0.159 e. The monoisotopic (exact) mass is 290 g/mol. The van der Waals surface area contributed by atoms with Crippen LogP contribution in [-0.2, 0) is 11.3 Å². The number of para-hydroxylation sites is 2. The molecular formula is C19H18N2O. The summed E-state index contributed by atoms with van der Waals surface area (Å²) in [4.78, 5) is 16.6. The molecule has 0 amide bonds. The van der Waals surface area contributed by atoms with Crippen LogP contribution in [0.4, 0.5) is 11.4 Å². The number of ketones is 1. The molecule has 0 spiro atoms. The zero-order valence-corrected chi connectivity index (χ0v) is 12.4. The van der Waals surface area contributed by atoms with Crippen molar-refractivity contribution in [1.82, 2.24) is 0 Å². The van der Waals surface area contributed by atoms with Crippen LogP contribution in [-0.4, -0.2) is 12.3 Å². The van der Waals surface area contributed by atoms with Crippen LogP contribution in [0.25, 0.3) is 0 Å². The Morgan fingerprint density at radius 2 is 1.64 bits per heavy atom. The van der Waals surface area contributed by atoms with Gasteiger partial charge in [0, 0.05) is 25.6 Å². The highest BCUT2D eigenvalue weighted by atomic mass is 16.1. The van der Waals surface area contributed by atoms with Crippen molar-refractivity contribution < 1.29 is 4.79 Å². The van der Waals surface area contributed by atoms with Crippen molar-refractivity contribution in [1.29, 1.82) is 0 Å². The maximum absolute atomic E-state index is 12.0. The highest BCUT2D eigenvalue weighted by Gasteiger charge is 2.32. The average molecular weight is 290 g/mol. The largest absolute Gasteiger partial charge is 0.326 e. The molecule has 3 nitrogen and oxygen atoms in total. The van der Waals surface area contributed by atoms with Gasteiger partial charge in [-0.05, 0) is 24.1 Å². The van der Waals surface area contributed by atoms with Crippen molar-refractivity contribution in [3.8, 4) is 0 Å². The van der Waals surface area contributed by atoms with Gasteiger partial charge >= 0.3 is 0 Å². The summed E-state index contributed by atoms with van der Waals surface area (Å²) in [6.07, 6.45) is 3.36. The van der Waals surface area contributed by atoms with Gasteiger partial charge in [0.1, 0.15) is 5.82 Å². The quantitative estimate of drug-likeness (QED) is 0.842. The number of hydrogen-bond acceptors (Lipinski definition) is 3. The number of allylic oxidation sites excluding steroid dienone is 1. The average Bonchev–Trinajstić information content (AvgIpc) is 2.70. The number of hydrogen-bond donors (Lipinski definition) is 0. The predicted molar refractivity (Wildman–Crippen MR) is 88.7 cm³/mol. The van der Waals surface area contributed by atoms with Crippen LogP contribution in [0.1, 0.15) is 18.4 Å². The summed E-state index contributed by atoms with van der Waals surface area (Å²) in [6.45, 7) is 1.69. The lowest BCUT2D eigenvalue weighted by molar-refractivity contribution is -0.114. The topological polar surface area (TPSA) is 23.6 Å². The summed E-state index contributed by atoms with van der Waals surface area (Å²) in [6, 6.07) is 18.8. The third kappa shape index (κ3) is 2.19. The zero-order chi connectivity index (χ0) is 14.9. The summed E-state index contributed by atoms with van der Waals surface area (Å²) in [7, 11) is 0. The fourth-order valence-electron chi connectivity index (χ4n) is 3.26. The van der Waals surface area contributed by atoms with Crippen LogP contribution < -0.4 is 9.80 Å². The van der Waals surface area contributed by atoms with Gasteiger partial charge in [-0.2, -0.15) is 0 Å². The summed E-state index contributed by atoms with van der Waals surface area (Å²) in [5.74, 6) is 1.25. The fourth-order valence-corrected chi connectivity index (χ4v) is 3.26. The molecule has 0 atom stereocenters. The summed E-state index contributed by atoms with van der Waals surface area (Å²) in [5, 5.41) is 0. The Morgan fingerprint density at radius 3 is 2.45 bits per heavy atom. The Hall–Kier alpha value is -2.55. The highest BCUT2D eigenvalue weighted by molar-refractivity contribution is 5.95. The minimum Gasteiger partial charge on any atom is -0.326 e. The van der Waals surface area contributed by atoms with Crippen LogP contribution in [0.5, 0.6) is 0 Å². The van der Waals surface area contributed by atoms with Crippen molar-refractivity contribution in [2.45, 2.75) is 19.4 Å². The Bertz CT molecular complexity index is 736. The van der Waals surface area contributed by atoms with E-state index < -0.39 is 0 Å². The van der Waals surface area contributed by atoms with E-state index in [4.69, 9.17) is 0 Å². The minimum atomic E-state index is 0.225. The molecule has 22 heavy (non-hydrogen) atoms. The van der Waals surface area contributed by atoms with Crippen LogP contribution in [0, 0.1) is 0 Å². The number of nitrogens with zero attached hydrogens (tertiary/aromatic N) is 2. The van der Waals surface area contributed by atoms with E-state index in [0.29, 0.717) is 6.42 Å². The van der Waals surface area contributed by atoms with Crippen molar-refractivity contribution in [3.05, 3.63) is 72.1 Å². The normalized spacial score (nSPS) is 16.9. The Kier molecular flexibility index (Phi) is 3.19. The van der Waals surface area contributed by atoms with E-state index in [1.165, 1.54) is 16.9 Å². The van der Waals surface area contributed by atoms with Crippen molar-refractivity contribution in [2.24, 2.45) is 0 Å². The van der Waals surface area contributed by atoms with Crippen LogP contribution in [0.15, 0.2) is 66.5 Å². The zero-order valence-electron chi connectivity index (χ0n) is 12.4. The minimum absolute atomic E-state index is 0.225. The second-order valence-electron chi connectivity index (χ2n) is 5.78. The number of fused-ring (bicyclic) bond motifs is 3. The van der Waals surface area contributed by atoms with Gasteiger partial charge in [-0.15, -0.1) is 0 Å². The fraction of sp³-hybridized carbons (Fsp3) is 0.211. The second-order valence-corrected chi connectivity index (χ2v) is 5.78. The predicted octanol–water partition coefficient (Wildman–Crippen LogP) is 3.72. The van der Waals surface area contributed by atoms with Gasteiger partial charge in [0.05, 0.1) is 11.4 Å². The SMILES string of the molecule is O=C1C=C2N(CCC1)c1ccccc1N2Cc1ccccc1. The standard InChI is InChI=1S/C19H18N2O/c22-16-9-6-12-20-17-10-4-5-11-18(17)21(19(20)13-16)14-15-7-2-1-3-8-15/h1-5,7-8,10-11,13H,6,9,12,14H2. The second kappa shape index (κ2) is 5.34. The van der Waals surface area contributed by atoms with Gasteiger partial charge < -0.3 is 9.80 Å². The Morgan fingerprint density at radius 1 is 0.909 bits per heavy atom. The molecule has 2 aliphatic rings. The molecule has 0 unspecified atom stereocenters. The molecule has 4 rings (SSSR count). The third-order valence-electron chi connectivity index (χ3n) is 4.29. The number of rotatable bonds is 2. The molecule has 0 saturated carbocycles. The molecule has 3 heteroatoms. The number of carbonyl (C=O) groups is 1. The van der Waals surface area contributed by atoms with Crippen molar-refractivity contribution in [2.75, 3.05) is 16.3 Å². The highest BCUT2D eigenvalue weighted by Crippen LogP contribution is 2.43. The molecule has 0 saturated heterocycles. The van der Waals surface area contributed by atoms with E-state index >= 15 is 0 Å². The first kappa shape index (κ1) is 13.1. The number of carbonyl (C=O) groups excluding carboxylic acids is 1. The molecule has 2 heterocycles. The summed E-state index contributed by atoms with van der Waals surface area (Å²) >= 11 is 0. The molecule has 2 aromatic rings. The number of benzene rings is 2. The molecule has 0 aromatic heterocycles. The first-order valence-corrected chi connectivity index (χ1v) is 7.75. The molecule has 0 radical (unpaired) electrons. The van der Waals surface area contributed by atoms with Crippen LogP contribution in [0.2, 0.25) is 0 Å². The lowest BCUT2D eigenvalue weighted by Gasteiger charge is -2.24. The molecule has 2 aromatic carbocycles. The van der Waals surface area contributed by atoms with Gasteiger partial charge in [0.25, 0.3) is 0 Å². The van der Waals surface area contributed by atoms with Gasteiger partial charge in [0.2, 0.25) is 0 Å². The molecular weight excluding hydrogens is 272 g/mol. The first-order valence-electron chi connectivity index (χ1n) is 7.75. The van der Waals surface area contributed by atoms with E-state index in [2.05, 4.69) is 58.3 Å². The molecule has 0 bridgehead atoms. The number of anilines is 2. The van der Waals surface area contributed by atoms with Gasteiger partial charge in [-0.1, -0.05) is 42.5 Å². The molecule has 110 valence electrons. The Labute approximate surface area is 130 Å². The van der Waals surface area contributed by atoms with E-state index in [9.17, 15) is 4.79 Å². The molecule has 0 fully saturated rings. The first-order chi connectivity index (χ1) is 10.8. The van der Waals surface area contributed by atoms with Gasteiger partial charge in [-0.25, -0.2) is 0 Å². The summed E-state index contributed by atoms with van der Waals surface area (Å²) in [5.41, 5.74) is 3.64. The maximum atomic E-state index is 12.0. The Balaban J connectivity index is 1.79. The van der Waals surface area contributed by atoms with Crippen molar-refractivity contribution >= 4 is 17.2 Å². The molecule has 0 N–H and O–H groups in total. The lowest BCUT2D eigenvalue weighted by atomic mass is 10.2. The molecule has 2 aliphatic heterocycles. The third-order valence-corrected chi connectivity index (χ3v) is 4.29. The van der Waals surface area contributed by atoms with E-state index in [1.807, 2.05) is 12.1 Å². The van der Waals surface area contributed by atoms with Crippen LogP contribution in [0.3, 0.4) is 0 Å². The van der Waals surface area contributed by atoms with Crippen molar-refractivity contribution in [3.63, 3.8) is 0 Å².